The number of hydrogen-bond donors (Lipinski definition) is 1. The summed E-state index contributed by atoms with van der Waals surface area (Å²) in [6.07, 6.45) is 1.37. The molecule has 0 atom stereocenters. The summed E-state index contributed by atoms with van der Waals surface area (Å²) in [6, 6.07) is 0. The summed E-state index contributed by atoms with van der Waals surface area (Å²) in [6.45, 7) is 0. The van der Waals surface area contributed by atoms with E-state index in [0.29, 0.717) is 6.42 Å². The second-order valence-electron chi connectivity index (χ2n) is 1.22. The molecule has 34 valence electrons. The molecule has 0 fully saturated rings. The molecule has 0 aromatic heterocycles. The maximum atomic E-state index is 9.82. The molecule has 6 heavy (non-hydrogen) atoms. The lowest BCUT2D eigenvalue weighted by molar-refractivity contribution is -0.117. The van der Waals surface area contributed by atoms with E-state index in [-0.39, 0.29) is 5.91 Å². The summed E-state index contributed by atoms with van der Waals surface area (Å²) in [5.41, 5.74) is 4.76. The van der Waals surface area contributed by atoms with Crippen molar-refractivity contribution in [1.29, 1.82) is 0 Å². The third-order valence-corrected chi connectivity index (χ3v) is 0.496. The van der Waals surface area contributed by atoms with Crippen LogP contribution >= 0.6 is 0 Å². The van der Waals surface area contributed by atoms with Crippen LogP contribution in [0, 0.1) is 0 Å². The van der Waals surface area contributed by atoms with Gasteiger partial charge in [0.05, 0.1) is 0 Å². The van der Waals surface area contributed by atoms with Crippen LogP contribution in [0.2, 0.25) is 6.32 Å². The number of carbonyl (C=O) groups is 1. The maximum Gasteiger partial charge on any atom is 0.216 e. The number of primary amides is 1. The molecule has 0 rings (SSSR count). The minimum atomic E-state index is -0.211. The largest absolute Gasteiger partial charge is 0.370 e. The molecular formula is C3H8BNO. The summed E-state index contributed by atoms with van der Waals surface area (Å²) < 4.78 is 0. The molecule has 0 spiro atoms. The average Bonchev–Trinajstić information content (AvgIpc) is 1.35. The summed E-state index contributed by atoms with van der Waals surface area (Å²) in [4.78, 5) is 9.82. The Bertz CT molecular complexity index is 54.8. The average molecular weight is 84.9 g/mol. The SMILES string of the molecule is BCCC(N)=O. The van der Waals surface area contributed by atoms with E-state index in [0.717, 1.165) is 6.32 Å². The number of hydrogen-bond acceptors (Lipinski definition) is 1. The van der Waals surface area contributed by atoms with Crippen molar-refractivity contribution < 1.29 is 4.79 Å². The first-order valence-electron chi connectivity index (χ1n) is 2.05. The van der Waals surface area contributed by atoms with Gasteiger partial charge in [0.25, 0.3) is 0 Å². The molecule has 0 aromatic rings. The lowest BCUT2D eigenvalue weighted by atomic mass is 10.0. The highest BCUT2D eigenvalue weighted by atomic mass is 16.1. The van der Waals surface area contributed by atoms with Crippen molar-refractivity contribution in [2.24, 2.45) is 5.73 Å². The van der Waals surface area contributed by atoms with Crippen molar-refractivity contribution in [3.05, 3.63) is 0 Å². The van der Waals surface area contributed by atoms with Gasteiger partial charge in [-0.05, 0) is 0 Å². The van der Waals surface area contributed by atoms with Gasteiger partial charge >= 0.3 is 0 Å². The molecular weight excluding hydrogens is 76.9 g/mol. The van der Waals surface area contributed by atoms with Crippen LogP contribution in [0.5, 0.6) is 0 Å². The first-order chi connectivity index (χ1) is 2.77. The van der Waals surface area contributed by atoms with Gasteiger partial charge in [-0.1, -0.05) is 6.32 Å². The fraction of sp³-hybridized carbons (Fsp3) is 0.667. The van der Waals surface area contributed by atoms with Crippen LogP contribution in [0.1, 0.15) is 6.42 Å². The maximum absolute atomic E-state index is 9.82. The zero-order chi connectivity index (χ0) is 4.99. The molecule has 0 aliphatic heterocycles. The monoisotopic (exact) mass is 85.1 g/mol. The third kappa shape index (κ3) is 3.53. The van der Waals surface area contributed by atoms with Gasteiger partial charge in [-0.2, -0.15) is 0 Å². The van der Waals surface area contributed by atoms with E-state index in [1.165, 1.54) is 0 Å². The van der Waals surface area contributed by atoms with Gasteiger partial charge in [-0.3, -0.25) is 4.79 Å². The van der Waals surface area contributed by atoms with Gasteiger partial charge in [0, 0.05) is 6.42 Å². The summed E-state index contributed by atoms with van der Waals surface area (Å²) >= 11 is 0. The van der Waals surface area contributed by atoms with Crippen molar-refractivity contribution in [2.75, 3.05) is 0 Å². The van der Waals surface area contributed by atoms with Crippen LogP contribution in [0.3, 0.4) is 0 Å². The van der Waals surface area contributed by atoms with Crippen LogP contribution in [0.4, 0.5) is 0 Å². The molecule has 0 radical (unpaired) electrons. The van der Waals surface area contributed by atoms with Crippen molar-refractivity contribution in [3.63, 3.8) is 0 Å². The zero-order valence-corrected chi connectivity index (χ0v) is 3.90. The fourth-order valence-electron chi connectivity index (χ4n) is 0.246. The Hall–Kier alpha value is -0.465. The second kappa shape index (κ2) is 2.76. The number of carbonyl (C=O) groups excluding carboxylic acids is 1. The molecule has 3 heteroatoms. The highest BCUT2D eigenvalue weighted by Gasteiger charge is 1.84. The normalized spacial score (nSPS) is 8.00. The molecule has 0 saturated heterocycles. The fourth-order valence-corrected chi connectivity index (χ4v) is 0.246. The molecule has 0 bridgehead atoms. The standard InChI is InChI=1S/C3H8BNO/c4-2-1-3(5)6/h1-2,4H2,(H2,5,6). The van der Waals surface area contributed by atoms with Crippen LogP contribution in [-0.4, -0.2) is 13.8 Å². The Morgan fingerprint density at radius 1 is 1.83 bits per heavy atom. The van der Waals surface area contributed by atoms with E-state index in [9.17, 15) is 4.79 Å². The van der Waals surface area contributed by atoms with Crippen LogP contribution < -0.4 is 5.73 Å². The van der Waals surface area contributed by atoms with E-state index in [2.05, 4.69) is 0 Å². The van der Waals surface area contributed by atoms with Crippen molar-refractivity contribution in [1.82, 2.24) is 0 Å². The molecule has 0 heterocycles. The first kappa shape index (κ1) is 5.53. The van der Waals surface area contributed by atoms with E-state index in [1.54, 1.807) is 0 Å². The summed E-state index contributed by atoms with van der Waals surface area (Å²) in [7, 11) is 1.92. The van der Waals surface area contributed by atoms with Gasteiger partial charge < -0.3 is 5.73 Å². The van der Waals surface area contributed by atoms with Gasteiger partial charge in [0.15, 0.2) is 0 Å². The first-order valence-corrected chi connectivity index (χ1v) is 2.05. The molecule has 0 aromatic carbocycles. The smallest absolute Gasteiger partial charge is 0.216 e. The van der Waals surface area contributed by atoms with Gasteiger partial charge in [0.1, 0.15) is 7.85 Å². The molecule has 0 aliphatic rings. The number of nitrogens with two attached hydrogens (primary N) is 1. The van der Waals surface area contributed by atoms with Crippen molar-refractivity contribution >= 4 is 13.8 Å². The van der Waals surface area contributed by atoms with Crippen molar-refractivity contribution in [2.45, 2.75) is 12.7 Å². The summed E-state index contributed by atoms with van der Waals surface area (Å²) in [5.74, 6) is -0.211. The predicted molar refractivity (Wildman–Crippen MR) is 27.2 cm³/mol. The number of amides is 1. The quantitative estimate of drug-likeness (QED) is 0.425. The van der Waals surface area contributed by atoms with Crippen LogP contribution in [0.25, 0.3) is 0 Å². The lowest BCUT2D eigenvalue weighted by Crippen LogP contribution is -2.08. The Morgan fingerprint density at radius 3 is 2.33 bits per heavy atom. The predicted octanol–water partition coefficient (Wildman–Crippen LogP) is -1.09. The van der Waals surface area contributed by atoms with Crippen molar-refractivity contribution in [3.8, 4) is 0 Å². The Labute approximate surface area is 38.1 Å². The molecule has 0 saturated carbocycles. The molecule has 2 N–H and O–H groups in total. The van der Waals surface area contributed by atoms with Crippen LogP contribution in [0.15, 0.2) is 0 Å². The number of rotatable bonds is 2. The van der Waals surface area contributed by atoms with E-state index >= 15 is 0 Å². The lowest BCUT2D eigenvalue weighted by Gasteiger charge is -1.81. The Morgan fingerprint density at radius 2 is 2.33 bits per heavy atom. The minimum absolute atomic E-state index is 0.211. The highest BCUT2D eigenvalue weighted by Crippen LogP contribution is 1.77. The second-order valence-corrected chi connectivity index (χ2v) is 1.22. The minimum Gasteiger partial charge on any atom is -0.370 e. The molecule has 1 amide bonds. The molecule has 0 unspecified atom stereocenters. The van der Waals surface area contributed by atoms with E-state index in [4.69, 9.17) is 5.73 Å². The topological polar surface area (TPSA) is 43.1 Å². The highest BCUT2D eigenvalue weighted by molar-refractivity contribution is 6.09. The Balaban J connectivity index is 2.83. The van der Waals surface area contributed by atoms with Gasteiger partial charge in [-0.25, -0.2) is 0 Å². The van der Waals surface area contributed by atoms with Crippen LogP contribution in [-0.2, 0) is 4.79 Å². The van der Waals surface area contributed by atoms with E-state index in [1.807, 2.05) is 7.85 Å². The van der Waals surface area contributed by atoms with E-state index < -0.39 is 0 Å². The Kier molecular flexibility index (Phi) is 2.54. The molecule has 0 aliphatic carbocycles. The third-order valence-electron chi connectivity index (χ3n) is 0.496. The van der Waals surface area contributed by atoms with Gasteiger partial charge in [-0.15, -0.1) is 0 Å². The summed E-state index contributed by atoms with van der Waals surface area (Å²) in [5, 5.41) is 0. The molecule has 2 nitrogen and oxygen atoms in total. The van der Waals surface area contributed by atoms with Gasteiger partial charge in [0.2, 0.25) is 5.91 Å². The zero-order valence-electron chi connectivity index (χ0n) is 3.90.